The Hall–Kier alpha value is -1.58. The Morgan fingerprint density at radius 3 is 3.07 bits per heavy atom. The minimum absolute atomic E-state index is 0.249. The number of hydrogen-bond acceptors (Lipinski definition) is 3. The van der Waals surface area contributed by atoms with E-state index in [2.05, 4.69) is 4.98 Å². The molecule has 0 bridgehead atoms. The zero-order valence-corrected chi connectivity index (χ0v) is 8.47. The van der Waals surface area contributed by atoms with Crippen LogP contribution in [0.3, 0.4) is 0 Å². The highest BCUT2D eigenvalue weighted by Gasteiger charge is 2.25. The average molecular weight is 206 g/mol. The van der Waals surface area contributed by atoms with Crippen molar-refractivity contribution in [3.05, 3.63) is 24.4 Å². The third kappa shape index (κ3) is 2.26. The number of nitrogens with zero attached hydrogens (tertiary/aromatic N) is 2. The fraction of sp³-hybridized carbons (Fsp3) is 0.455. The molecule has 80 valence electrons. The summed E-state index contributed by atoms with van der Waals surface area (Å²) in [5, 5.41) is 8.96. The fourth-order valence-electron chi connectivity index (χ4n) is 1.93. The van der Waals surface area contributed by atoms with Gasteiger partial charge in [-0.2, -0.15) is 0 Å². The van der Waals surface area contributed by atoms with Crippen molar-refractivity contribution in [3.63, 3.8) is 0 Å². The van der Waals surface area contributed by atoms with Gasteiger partial charge in [0.15, 0.2) is 0 Å². The largest absolute Gasteiger partial charge is 0.481 e. The summed E-state index contributed by atoms with van der Waals surface area (Å²) in [5.41, 5.74) is 0. The summed E-state index contributed by atoms with van der Waals surface area (Å²) in [4.78, 5) is 17.2. The molecular formula is C11H14N2O2. The molecule has 4 heteroatoms. The van der Waals surface area contributed by atoms with Crippen molar-refractivity contribution >= 4 is 11.8 Å². The summed E-state index contributed by atoms with van der Waals surface area (Å²) in [6.07, 6.45) is 3.44. The van der Waals surface area contributed by atoms with E-state index in [9.17, 15) is 4.79 Å². The topological polar surface area (TPSA) is 53.4 Å². The van der Waals surface area contributed by atoms with E-state index < -0.39 is 5.97 Å². The van der Waals surface area contributed by atoms with Gasteiger partial charge in [-0.15, -0.1) is 0 Å². The summed E-state index contributed by atoms with van der Waals surface area (Å²) in [5.74, 6) is -0.0696. The lowest BCUT2D eigenvalue weighted by Crippen LogP contribution is -2.39. The number of carbonyl (C=O) groups is 1. The molecule has 15 heavy (non-hydrogen) atoms. The Balaban J connectivity index is 2.08. The zero-order chi connectivity index (χ0) is 10.7. The van der Waals surface area contributed by atoms with Crippen molar-refractivity contribution in [2.75, 3.05) is 18.0 Å². The van der Waals surface area contributed by atoms with E-state index in [4.69, 9.17) is 5.11 Å². The molecule has 0 saturated carbocycles. The van der Waals surface area contributed by atoms with Crippen LogP contribution in [-0.4, -0.2) is 29.1 Å². The number of hydrogen-bond donors (Lipinski definition) is 1. The Kier molecular flexibility index (Phi) is 2.85. The summed E-state index contributed by atoms with van der Waals surface area (Å²) >= 11 is 0. The normalized spacial score (nSPS) is 21.3. The van der Waals surface area contributed by atoms with Crippen molar-refractivity contribution in [1.82, 2.24) is 4.98 Å². The highest BCUT2D eigenvalue weighted by atomic mass is 16.4. The average Bonchev–Trinajstić information content (AvgIpc) is 2.30. The van der Waals surface area contributed by atoms with Gasteiger partial charge in [0.2, 0.25) is 0 Å². The monoisotopic (exact) mass is 206 g/mol. The van der Waals surface area contributed by atoms with Crippen molar-refractivity contribution in [2.24, 2.45) is 5.92 Å². The van der Waals surface area contributed by atoms with E-state index in [1.807, 2.05) is 23.1 Å². The first-order valence-electron chi connectivity index (χ1n) is 5.16. The molecule has 1 saturated heterocycles. The number of anilines is 1. The molecule has 0 spiro atoms. The molecule has 1 atom stereocenters. The van der Waals surface area contributed by atoms with Crippen LogP contribution in [0, 0.1) is 5.92 Å². The summed E-state index contributed by atoms with van der Waals surface area (Å²) in [7, 11) is 0. The Labute approximate surface area is 88.6 Å². The van der Waals surface area contributed by atoms with Gasteiger partial charge in [0.1, 0.15) is 5.82 Å². The van der Waals surface area contributed by atoms with Crippen LogP contribution in [0.4, 0.5) is 5.82 Å². The molecule has 0 aromatic carbocycles. The summed E-state index contributed by atoms with van der Waals surface area (Å²) in [6, 6.07) is 5.71. The van der Waals surface area contributed by atoms with E-state index >= 15 is 0 Å². The molecule has 0 radical (unpaired) electrons. The van der Waals surface area contributed by atoms with Crippen LogP contribution in [0.1, 0.15) is 12.8 Å². The van der Waals surface area contributed by atoms with Crippen LogP contribution in [0.5, 0.6) is 0 Å². The zero-order valence-electron chi connectivity index (χ0n) is 8.47. The maximum Gasteiger partial charge on any atom is 0.308 e. The van der Waals surface area contributed by atoms with Crippen molar-refractivity contribution in [2.45, 2.75) is 12.8 Å². The number of aliphatic carboxylic acids is 1. The van der Waals surface area contributed by atoms with E-state index in [-0.39, 0.29) is 5.92 Å². The predicted octanol–water partition coefficient (Wildman–Crippen LogP) is 1.38. The molecule has 0 aliphatic carbocycles. The van der Waals surface area contributed by atoms with E-state index in [1.54, 1.807) is 6.20 Å². The Morgan fingerprint density at radius 2 is 2.40 bits per heavy atom. The molecule has 1 aromatic rings. The summed E-state index contributed by atoms with van der Waals surface area (Å²) < 4.78 is 0. The highest BCUT2D eigenvalue weighted by Crippen LogP contribution is 2.21. The number of aromatic nitrogens is 1. The van der Waals surface area contributed by atoms with Gasteiger partial charge in [0, 0.05) is 19.3 Å². The predicted molar refractivity (Wildman–Crippen MR) is 56.8 cm³/mol. The van der Waals surface area contributed by atoms with Gasteiger partial charge < -0.3 is 10.0 Å². The Morgan fingerprint density at radius 1 is 1.53 bits per heavy atom. The third-order valence-corrected chi connectivity index (χ3v) is 2.74. The number of rotatable bonds is 2. The molecule has 4 nitrogen and oxygen atoms in total. The van der Waals surface area contributed by atoms with Gasteiger partial charge in [-0.1, -0.05) is 6.07 Å². The number of pyridine rings is 1. The van der Waals surface area contributed by atoms with Gasteiger partial charge in [-0.25, -0.2) is 4.98 Å². The maximum atomic E-state index is 10.9. The molecule has 2 rings (SSSR count). The molecule has 0 amide bonds. The van der Waals surface area contributed by atoms with Crippen LogP contribution in [0.15, 0.2) is 24.4 Å². The third-order valence-electron chi connectivity index (χ3n) is 2.74. The van der Waals surface area contributed by atoms with Crippen LogP contribution in [0.2, 0.25) is 0 Å². The van der Waals surface area contributed by atoms with E-state index in [0.717, 1.165) is 25.2 Å². The van der Waals surface area contributed by atoms with Gasteiger partial charge in [-0.3, -0.25) is 4.79 Å². The van der Waals surface area contributed by atoms with Crippen LogP contribution in [-0.2, 0) is 4.79 Å². The first-order valence-corrected chi connectivity index (χ1v) is 5.16. The Bertz CT molecular complexity index is 340. The molecule has 1 aliphatic rings. The lowest BCUT2D eigenvalue weighted by molar-refractivity contribution is -0.141. The summed E-state index contributed by atoms with van der Waals surface area (Å²) in [6.45, 7) is 1.48. The SMILES string of the molecule is O=C(O)C1CCCN(c2ccccn2)C1. The minimum atomic E-state index is -0.698. The fourth-order valence-corrected chi connectivity index (χ4v) is 1.93. The molecule has 1 fully saturated rings. The van der Waals surface area contributed by atoms with Gasteiger partial charge in [0.25, 0.3) is 0 Å². The first kappa shape index (κ1) is 9.96. The molecular weight excluding hydrogens is 192 g/mol. The van der Waals surface area contributed by atoms with Crippen LogP contribution < -0.4 is 4.90 Å². The van der Waals surface area contributed by atoms with E-state index in [1.165, 1.54) is 0 Å². The molecule has 1 aromatic heterocycles. The number of carboxylic acids is 1. The van der Waals surface area contributed by atoms with Gasteiger partial charge in [0.05, 0.1) is 5.92 Å². The maximum absolute atomic E-state index is 10.9. The highest BCUT2D eigenvalue weighted by molar-refractivity contribution is 5.71. The molecule has 1 aliphatic heterocycles. The molecule has 1 unspecified atom stereocenters. The van der Waals surface area contributed by atoms with Crippen molar-refractivity contribution in [1.29, 1.82) is 0 Å². The van der Waals surface area contributed by atoms with Crippen molar-refractivity contribution in [3.8, 4) is 0 Å². The van der Waals surface area contributed by atoms with Gasteiger partial charge >= 0.3 is 5.97 Å². The second-order valence-corrected chi connectivity index (χ2v) is 3.81. The van der Waals surface area contributed by atoms with Crippen LogP contribution in [0.25, 0.3) is 0 Å². The molecule has 2 heterocycles. The second-order valence-electron chi connectivity index (χ2n) is 3.81. The van der Waals surface area contributed by atoms with Crippen LogP contribution >= 0.6 is 0 Å². The van der Waals surface area contributed by atoms with E-state index in [0.29, 0.717) is 6.54 Å². The lowest BCUT2D eigenvalue weighted by atomic mass is 9.98. The minimum Gasteiger partial charge on any atom is -0.481 e. The number of piperidine rings is 1. The number of carboxylic acid groups (broad SMARTS) is 1. The smallest absolute Gasteiger partial charge is 0.308 e. The second kappa shape index (κ2) is 4.29. The van der Waals surface area contributed by atoms with Crippen molar-refractivity contribution < 1.29 is 9.90 Å². The lowest BCUT2D eigenvalue weighted by Gasteiger charge is -2.31. The molecule has 1 N–H and O–H groups in total. The van der Waals surface area contributed by atoms with Gasteiger partial charge in [-0.05, 0) is 25.0 Å². The standard InChI is InChI=1S/C11H14N2O2/c14-11(15)9-4-3-7-13(8-9)10-5-1-2-6-12-10/h1-2,5-6,9H,3-4,7-8H2,(H,14,15). The first-order chi connectivity index (χ1) is 7.27. The quantitative estimate of drug-likeness (QED) is 0.794.